The van der Waals surface area contributed by atoms with Crippen LogP contribution in [-0.4, -0.2) is 33.7 Å². The molecule has 8 heteroatoms. The van der Waals surface area contributed by atoms with E-state index in [2.05, 4.69) is 5.32 Å². The Morgan fingerprint density at radius 3 is 2.52 bits per heavy atom. The summed E-state index contributed by atoms with van der Waals surface area (Å²) < 4.78 is 30.8. The highest BCUT2D eigenvalue weighted by atomic mass is 32.2. The smallest absolute Gasteiger partial charge is 0.232 e. The first kappa shape index (κ1) is 20.3. The van der Waals surface area contributed by atoms with Crippen molar-refractivity contribution in [1.82, 2.24) is 0 Å². The zero-order valence-electron chi connectivity index (χ0n) is 15.2. The molecule has 1 N–H and O–H groups in total. The van der Waals surface area contributed by atoms with Gasteiger partial charge in [0.2, 0.25) is 15.9 Å². The summed E-state index contributed by atoms with van der Waals surface area (Å²) in [5.74, 6) is 0.300. The highest BCUT2D eigenvalue weighted by Gasteiger charge is 2.18. The van der Waals surface area contributed by atoms with Gasteiger partial charge in [0.05, 0.1) is 30.2 Å². The van der Waals surface area contributed by atoms with Gasteiger partial charge in [0.1, 0.15) is 5.75 Å². The van der Waals surface area contributed by atoms with Crippen LogP contribution in [0.25, 0.3) is 0 Å². The SMILES string of the molecule is CCOc1ccc(N(CCC(=O)Nc2cccc(C#N)c2)S(C)(=O)=O)cc1. The summed E-state index contributed by atoms with van der Waals surface area (Å²) in [7, 11) is -3.55. The van der Waals surface area contributed by atoms with Gasteiger partial charge in [-0.2, -0.15) is 5.26 Å². The molecule has 0 bridgehead atoms. The van der Waals surface area contributed by atoms with Gasteiger partial charge in [-0.05, 0) is 49.4 Å². The largest absolute Gasteiger partial charge is 0.494 e. The summed E-state index contributed by atoms with van der Waals surface area (Å²) in [6.07, 6.45) is 1.06. The van der Waals surface area contributed by atoms with Gasteiger partial charge < -0.3 is 10.1 Å². The minimum Gasteiger partial charge on any atom is -0.494 e. The molecule has 7 nitrogen and oxygen atoms in total. The standard InChI is InChI=1S/C19H21N3O4S/c1-3-26-18-9-7-17(8-10-18)22(27(2,24)25)12-11-19(23)21-16-6-4-5-15(13-16)14-20/h4-10,13H,3,11-12H2,1-2H3,(H,21,23). The van der Waals surface area contributed by atoms with Crippen molar-refractivity contribution in [3.8, 4) is 11.8 Å². The fourth-order valence-electron chi connectivity index (χ4n) is 2.45. The van der Waals surface area contributed by atoms with E-state index in [0.29, 0.717) is 29.3 Å². The Morgan fingerprint density at radius 1 is 1.22 bits per heavy atom. The van der Waals surface area contributed by atoms with Crippen LogP contribution in [0.1, 0.15) is 18.9 Å². The van der Waals surface area contributed by atoms with Crippen LogP contribution in [-0.2, 0) is 14.8 Å². The number of rotatable bonds is 8. The zero-order chi connectivity index (χ0) is 19.9. The van der Waals surface area contributed by atoms with Crippen molar-refractivity contribution in [1.29, 1.82) is 5.26 Å². The first-order valence-corrected chi connectivity index (χ1v) is 10.2. The van der Waals surface area contributed by atoms with Crippen molar-refractivity contribution in [3.63, 3.8) is 0 Å². The molecule has 0 aliphatic carbocycles. The van der Waals surface area contributed by atoms with E-state index in [-0.39, 0.29) is 18.9 Å². The molecule has 2 rings (SSSR count). The number of sulfonamides is 1. The van der Waals surface area contributed by atoms with E-state index in [1.165, 1.54) is 4.31 Å². The highest BCUT2D eigenvalue weighted by Crippen LogP contribution is 2.22. The predicted molar refractivity (Wildman–Crippen MR) is 104 cm³/mol. The number of nitrogens with one attached hydrogen (secondary N) is 1. The number of amides is 1. The molecular formula is C19H21N3O4S. The Bertz CT molecular complexity index is 934. The second kappa shape index (κ2) is 9.05. The van der Waals surface area contributed by atoms with Crippen LogP contribution in [0.3, 0.4) is 0 Å². The molecule has 2 aromatic rings. The number of ether oxygens (including phenoxy) is 1. The molecule has 0 saturated heterocycles. The lowest BCUT2D eigenvalue weighted by molar-refractivity contribution is -0.116. The minimum absolute atomic E-state index is 0.00338. The van der Waals surface area contributed by atoms with Crippen LogP contribution in [0.4, 0.5) is 11.4 Å². The zero-order valence-corrected chi connectivity index (χ0v) is 16.0. The minimum atomic E-state index is -3.55. The van der Waals surface area contributed by atoms with E-state index < -0.39 is 10.0 Å². The third kappa shape index (κ3) is 6.01. The molecule has 0 heterocycles. The molecule has 0 radical (unpaired) electrons. The lowest BCUT2D eigenvalue weighted by Crippen LogP contribution is -2.33. The van der Waals surface area contributed by atoms with Crippen molar-refractivity contribution < 1.29 is 17.9 Å². The van der Waals surface area contributed by atoms with Crippen molar-refractivity contribution >= 4 is 27.3 Å². The number of nitrogens with zero attached hydrogens (tertiary/aromatic N) is 2. The van der Waals surface area contributed by atoms with Crippen molar-refractivity contribution in [2.45, 2.75) is 13.3 Å². The predicted octanol–water partition coefficient (Wildman–Crippen LogP) is 2.75. The Kier molecular flexibility index (Phi) is 6.79. The normalized spacial score (nSPS) is 10.7. The van der Waals surface area contributed by atoms with E-state index in [0.717, 1.165) is 6.26 Å². The van der Waals surface area contributed by atoms with Gasteiger partial charge in [-0.25, -0.2) is 8.42 Å². The molecule has 0 fully saturated rings. The monoisotopic (exact) mass is 387 g/mol. The van der Waals surface area contributed by atoms with Crippen LogP contribution >= 0.6 is 0 Å². The third-order valence-corrected chi connectivity index (χ3v) is 4.85. The number of hydrogen-bond acceptors (Lipinski definition) is 5. The Labute approximate surface area is 159 Å². The van der Waals surface area contributed by atoms with Gasteiger partial charge in [-0.1, -0.05) is 6.07 Å². The first-order valence-electron chi connectivity index (χ1n) is 8.34. The van der Waals surface area contributed by atoms with Gasteiger partial charge in [0.25, 0.3) is 0 Å². The van der Waals surface area contributed by atoms with Crippen molar-refractivity contribution in [3.05, 3.63) is 54.1 Å². The summed E-state index contributed by atoms with van der Waals surface area (Å²) in [4.78, 5) is 12.2. The Morgan fingerprint density at radius 2 is 1.93 bits per heavy atom. The van der Waals surface area contributed by atoms with Crippen molar-refractivity contribution in [2.75, 3.05) is 29.0 Å². The van der Waals surface area contributed by atoms with Gasteiger partial charge >= 0.3 is 0 Å². The van der Waals surface area contributed by atoms with E-state index in [1.54, 1.807) is 48.5 Å². The van der Waals surface area contributed by atoms with Crippen LogP contribution in [0.5, 0.6) is 5.75 Å². The van der Waals surface area contributed by atoms with Crippen LogP contribution in [0.2, 0.25) is 0 Å². The molecule has 27 heavy (non-hydrogen) atoms. The van der Waals surface area contributed by atoms with Gasteiger partial charge in [-0.3, -0.25) is 9.10 Å². The number of carbonyl (C=O) groups excluding carboxylic acids is 1. The third-order valence-electron chi connectivity index (χ3n) is 3.65. The summed E-state index contributed by atoms with van der Waals surface area (Å²) in [6.45, 7) is 2.38. The van der Waals surface area contributed by atoms with Gasteiger partial charge in [-0.15, -0.1) is 0 Å². The van der Waals surface area contributed by atoms with Gasteiger partial charge in [0, 0.05) is 18.7 Å². The topological polar surface area (TPSA) is 99.5 Å². The average molecular weight is 387 g/mol. The second-order valence-electron chi connectivity index (χ2n) is 5.75. The summed E-state index contributed by atoms with van der Waals surface area (Å²) in [5, 5.41) is 11.6. The molecule has 0 aliphatic heterocycles. The fraction of sp³-hybridized carbons (Fsp3) is 0.263. The highest BCUT2D eigenvalue weighted by molar-refractivity contribution is 7.92. The average Bonchev–Trinajstić information content (AvgIpc) is 2.62. The fourth-order valence-corrected chi connectivity index (χ4v) is 3.38. The van der Waals surface area contributed by atoms with Crippen LogP contribution < -0.4 is 14.4 Å². The molecular weight excluding hydrogens is 366 g/mol. The summed E-state index contributed by atoms with van der Waals surface area (Å²) in [6, 6.07) is 15.2. The summed E-state index contributed by atoms with van der Waals surface area (Å²) in [5.41, 5.74) is 1.38. The van der Waals surface area contributed by atoms with E-state index in [9.17, 15) is 13.2 Å². The molecule has 0 unspecified atom stereocenters. The van der Waals surface area contributed by atoms with Crippen LogP contribution in [0, 0.1) is 11.3 Å². The second-order valence-corrected chi connectivity index (χ2v) is 7.66. The number of hydrogen-bond donors (Lipinski definition) is 1. The molecule has 2 aromatic carbocycles. The Hall–Kier alpha value is -3.05. The van der Waals surface area contributed by atoms with E-state index in [4.69, 9.17) is 10.00 Å². The molecule has 0 aromatic heterocycles. The lowest BCUT2D eigenvalue weighted by atomic mass is 10.2. The van der Waals surface area contributed by atoms with Crippen molar-refractivity contribution in [2.24, 2.45) is 0 Å². The van der Waals surface area contributed by atoms with Crippen LogP contribution in [0.15, 0.2) is 48.5 Å². The summed E-state index contributed by atoms with van der Waals surface area (Å²) >= 11 is 0. The molecule has 0 atom stereocenters. The lowest BCUT2D eigenvalue weighted by Gasteiger charge is -2.22. The number of anilines is 2. The number of carbonyl (C=O) groups is 1. The molecule has 142 valence electrons. The van der Waals surface area contributed by atoms with E-state index in [1.807, 2.05) is 13.0 Å². The molecule has 0 spiro atoms. The number of nitriles is 1. The Balaban J connectivity index is 2.06. The van der Waals surface area contributed by atoms with Gasteiger partial charge in [0.15, 0.2) is 0 Å². The number of benzene rings is 2. The maximum Gasteiger partial charge on any atom is 0.232 e. The molecule has 1 amide bonds. The van der Waals surface area contributed by atoms with E-state index >= 15 is 0 Å². The quantitative estimate of drug-likeness (QED) is 0.751. The maximum absolute atomic E-state index is 12.2. The molecule has 0 aliphatic rings. The first-order chi connectivity index (χ1) is 12.8. The maximum atomic E-state index is 12.2. The molecule has 0 saturated carbocycles.